The molecule has 0 unspecified atom stereocenters. The van der Waals surface area contributed by atoms with E-state index in [-0.39, 0.29) is 5.91 Å². The number of amides is 1. The van der Waals surface area contributed by atoms with E-state index in [2.05, 4.69) is 11.9 Å². The van der Waals surface area contributed by atoms with Crippen LogP contribution in [0.1, 0.15) is 21.5 Å². The summed E-state index contributed by atoms with van der Waals surface area (Å²) >= 11 is 0. The molecule has 2 aromatic carbocycles. The van der Waals surface area contributed by atoms with Crippen LogP contribution in [0.25, 0.3) is 0 Å². The molecular weight excluding hydrogens is 330 g/mol. The molecule has 0 aliphatic carbocycles. The van der Waals surface area contributed by atoms with E-state index in [0.717, 1.165) is 16.9 Å². The summed E-state index contributed by atoms with van der Waals surface area (Å²) in [5, 5.41) is 2.94. The van der Waals surface area contributed by atoms with Crippen molar-refractivity contribution >= 4 is 5.91 Å². The van der Waals surface area contributed by atoms with E-state index >= 15 is 0 Å². The molecule has 2 rings (SSSR count). The highest BCUT2D eigenvalue weighted by atomic mass is 16.5. The van der Waals surface area contributed by atoms with Gasteiger partial charge in [-0.1, -0.05) is 12.1 Å². The second-order valence-corrected chi connectivity index (χ2v) is 5.71. The van der Waals surface area contributed by atoms with Gasteiger partial charge in [0.1, 0.15) is 5.75 Å². The zero-order chi connectivity index (χ0) is 18.9. The summed E-state index contributed by atoms with van der Waals surface area (Å²) in [5.41, 5.74) is 2.61. The maximum atomic E-state index is 12.4. The predicted molar refractivity (Wildman–Crippen MR) is 102 cm³/mol. The number of hydrogen-bond acceptors (Lipinski definition) is 4. The third kappa shape index (κ3) is 4.79. The number of ether oxygens (including phenoxy) is 3. The van der Waals surface area contributed by atoms with Crippen LogP contribution in [0.15, 0.2) is 49.1 Å². The fraction of sp³-hybridized carbons (Fsp3) is 0.286. The maximum Gasteiger partial charge on any atom is 0.251 e. The molecule has 26 heavy (non-hydrogen) atoms. The summed E-state index contributed by atoms with van der Waals surface area (Å²) in [6.07, 6.45) is 3.13. The Morgan fingerprint density at radius 1 is 1.00 bits per heavy atom. The fourth-order valence-corrected chi connectivity index (χ4v) is 2.69. The molecule has 0 fully saturated rings. The number of hydrogen-bond donors (Lipinski definition) is 1. The number of rotatable bonds is 9. The van der Waals surface area contributed by atoms with Crippen LogP contribution in [0, 0.1) is 0 Å². The lowest BCUT2D eigenvalue weighted by molar-refractivity contribution is 0.0954. The smallest absolute Gasteiger partial charge is 0.251 e. The summed E-state index contributed by atoms with van der Waals surface area (Å²) < 4.78 is 15.8. The number of carbonyl (C=O) groups excluding carboxylic acids is 1. The quantitative estimate of drug-likeness (QED) is 0.701. The molecule has 2 aromatic rings. The third-order valence-corrected chi connectivity index (χ3v) is 4.05. The van der Waals surface area contributed by atoms with Gasteiger partial charge in [-0.25, -0.2) is 0 Å². The minimum absolute atomic E-state index is 0.113. The second-order valence-electron chi connectivity index (χ2n) is 5.71. The molecule has 5 nitrogen and oxygen atoms in total. The predicted octanol–water partition coefficient (Wildman–Crippen LogP) is 3.41. The number of allylic oxidation sites excluding steroid dienone is 1. The highest BCUT2D eigenvalue weighted by Crippen LogP contribution is 2.27. The van der Waals surface area contributed by atoms with Gasteiger partial charge in [-0.3, -0.25) is 4.79 Å². The zero-order valence-electron chi connectivity index (χ0n) is 15.5. The Labute approximate surface area is 154 Å². The molecular formula is C21H25NO4. The average molecular weight is 355 g/mol. The number of benzene rings is 2. The highest BCUT2D eigenvalue weighted by Gasteiger charge is 2.10. The molecule has 0 heterocycles. The van der Waals surface area contributed by atoms with Crippen LogP contribution in [0.3, 0.4) is 0 Å². The van der Waals surface area contributed by atoms with Crippen molar-refractivity contribution in [3.8, 4) is 17.2 Å². The monoisotopic (exact) mass is 355 g/mol. The van der Waals surface area contributed by atoms with Gasteiger partial charge in [0, 0.05) is 12.1 Å². The summed E-state index contributed by atoms with van der Waals surface area (Å²) in [6.45, 7) is 4.27. The number of methoxy groups -OCH3 is 3. The summed E-state index contributed by atoms with van der Waals surface area (Å²) in [5.74, 6) is 2.01. The molecule has 138 valence electrons. The Morgan fingerprint density at radius 3 is 2.35 bits per heavy atom. The molecule has 0 saturated heterocycles. The van der Waals surface area contributed by atoms with Crippen molar-refractivity contribution in [2.24, 2.45) is 0 Å². The lowest BCUT2D eigenvalue weighted by atomic mass is 10.1. The lowest BCUT2D eigenvalue weighted by Crippen LogP contribution is -2.25. The summed E-state index contributed by atoms with van der Waals surface area (Å²) in [7, 11) is 4.83. The number of carbonyl (C=O) groups is 1. The van der Waals surface area contributed by atoms with E-state index in [9.17, 15) is 4.79 Å². The van der Waals surface area contributed by atoms with Crippen LogP contribution in [0.2, 0.25) is 0 Å². The van der Waals surface area contributed by atoms with Crippen molar-refractivity contribution in [2.75, 3.05) is 27.9 Å². The van der Waals surface area contributed by atoms with Crippen molar-refractivity contribution in [1.29, 1.82) is 0 Å². The number of nitrogens with one attached hydrogen (secondary N) is 1. The van der Waals surface area contributed by atoms with Crippen LogP contribution in [-0.2, 0) is 12.8 Å². The maximum absolute atomic E-state index is 12.4. The van der Waals surface area contributed by atoms with Crippen LogP contribution >= 0.6 is 0 Å². The third-order valence-electron chi connectivity index (χ3n) is 4.05. The highest BCUT2D eigenvalue weighted by molar-refractivity contribution is 5.94. The normalized spacial score (nSPS) is 10.1. The molecule has 0 spiro atoms. The zero-order valence-corrected chi connectivity index (χ0v) is 15.5. The minimum Gasteiger partial charge on any atom is -0.496 e. The van der Waals surface area contributed by atoms with Gasteiger partial charge in [0.25, 0.3) is 5.91 Å². The first kappa shape index (κ1) is 19.4. The first-order valence-electron chi connectivity index (χ1n) is 8.39. The van der Waals surface area contributed by atoms with Crippen molar-refractivity contribution in [2.45, 2.75) is 12.8 Å². The van der Waals surface area contributed by atoms with E-state index in [1.54, 1.807) is 33.5 Å². The van der Waals surface area contributed by atoms with Crippen molar-refractivity contribution in [3.63, 3.8) is 0 Å². The molecule has 5 heteroatoms. The van der Waals surface area contributed by atoms with Crippen LogP contribution < -0.4 is 19.5 Å². The standard InChI is InChI=1S/C21H25NO4/c1-5-6-16-14-17(8-10-18(16)24-2)21(23)22-12-11-15-7-9-19(25-3)20(13-15)26-4/h5,7-10,13-14H,1,6,11-12H2,2-4H3,(H,22,23). The van der Waals surface area contributed by atoms with E-state index in [1.807, 2.05) is 30.3 Å². The van der Waals surface area contributed by atoms with E-state index in [0.29, 0.717) is 36.4 Å². The SMILES string of the molecule is C=CCc1cc(C(=O)NCCc2ccc(OC)c(OC)c2)ccc1OC. The molecule has 0 saturated carbocycles. The molecule has 1 amide bonds. The Morgan fingerprint density at radius 2 is 1.69 bits per heavy atom. The average Bonchev–Trinajstić information content (AvgIpc) is 2.67. The van der Waals surface area contributed by atoms with Gasteiger partial charge in [0.15, 0.2) is 11.5 Å². The van der Waals surface area contributed by atoms with Gasteiger partial charge < -0.3 is 19.5 Å². The second kappa shape index (κ2) is 9.51. The van der Waals surface area contributed by atoms with Gasteiger partial charge in [-0.05, 0) is 54.3 Å². The summed E-state index contributed by atoms with van der Waals surface area (Å²) in [4.78, 5) is 12.4. The molecule has 0 atom stereocenters. The largest absolute Gasteiger partial charge is 0.496 e. The van der Waals surface area contributed by atoms with Crippen LogP contribution in [0.5, 0.6) is 17.2 Å². The van der Waals surface area contributed by atoms with Gasteiger partial charge in [0.05, 0.1) is 21.3 Å². The Bertz CT molecular complexity index is 771. The molecule has 0 bridgehead atoms. The van der Waals surface area contributed by atoms with Gasteiger partial charge in [-0.15, -0.1) is 6.58 Å². The molecule has 0 aliphatic heterocycles. The van der Waals surface area contributed by atoms with E-state index in [1.165, 1.54) is 0 Å². The van der Waals surface area contributed by atoms with Gasteiger partial charge in [0.2, 0.25) is 0 Å². The van der Waals surface area contributed by atoms with E-state index in [4.69, 9.17) is 14.2 Å². The topological polar surface area (TPSA) is 56.8 Å². The van der Waals surface area contributed by atoms with Gasteiger partial charge in [-0.2, -0.15) is 0 Å². The minimum atomic E-state index is -0.113. The van der Waals surface area contributed by atoms with Crippen LogP contribution in [-0.4, -0.2) is 33.8 Å². The van der Waals surface area contributed by atoms with Crippen LogP contribution in [0.4, 0.5) is 0 Å². The first-order valence-corrected chi connectivity index (χ1v) is 8.39. The van der Waals surface area contributed by atoms with Gasteiger partial charge >= 0.3 is 0 Å². The van der Waals surface area contributed by atoms with Crippen molar-refractivity contribution in [3.05, 3.63) is 65.7 Å². The van der Waals surface area contributed by atoms with Crippen molar-refractivity contribution < 1.29 is 19.0 Å². The Kier molecular flexibility index (Phi) is 7.09. The Hall–Kier alpha value is -2.95. The molecule has 0 radical (unpaired) electrons. The lowest BCUT2D eigenvalue weighted by Gasteiger charge is -2.11. The van der Waals surface area contributed by atoms with Crippen molar-refractivity contribution in [1.82, 2.24) is 5.32 Å². The van der Waals surface area contributed by atoms with E-state index < -0.39 is 0 Å². The first-order chi connectivity index (χ1) is 12.6. The summed E-state index contributed by atoms with van der Waals surface area (Å²) in [6, 6.07) is 11.1. The molecule has 0 aromatic heterocycles. The fourth-order valence-electron chi connectivity index (χ4n) is 2.69. The molecule has 1 N–H and O–H groups in total. The Balaban J connectivity index is 1.98. The molecule has 0 aliphatic rings.